The van der Waals surface area contributed by atoms with Crippen molar-refractivity contribution in [2.45, 2.75) is 25.9 Å². The molecule has 3 amide bonds. The number of hydrogen-bond donors (Lipinski definition) is 2. The third-order valence-corrected chi connectivity index (χ3v) is 3.82. The van der Waals surface area contributed by atoms with Crippen LogP contribution in [0.25, 0.3) is 0 Å². The molecule has 0 bridgehead atoms. The van der Waals surface area contributed by atoms with Gasteiger partial charge in [0.2, 0.25) is 0 Å². The van der Waals surface area contributed by atoms with Gasteiger partial charge in [0.05, 0.1) is 15.6 Å². The van der Waals surface area contributed by atoms with Gasteiger partial charge in [-0.1, -0.05) is 11.6 Å². The van der Waals surface area contributed by atoms with E-state index in [1.807, 2.05) is 5.32 Å². The smallest absolute Gasteiger partial charge is 0.321 e. The number of nitrogens with one attached hydrogen (secondary N) is 2. The number of rotatable bonds is 6. The zero-order chi connectivity index (χ0) is 16.7. The van der Waals surface area contributed by atoms with Crippen molar-refractivity contribution >= 4 is 46.6 Å². The first-order valence-electron chi connectivity index (χ1n) is 6.34. The van der Waals surface area contributed by atoms with Crippen molar-refractivity contribution in [3.8, 4) is 0 Å². The van der Waals surface area contributed by atoms with E-state index in [2.05, 4.69) is 5.32 Å². The maximum Gasteiger partial charge on any atom is 0.321 e. The van der Waals surface area contributed by atoms with E-state index in [1.165, 1.54) is 14.0 Å². The minimum Gasteiger partial charge on any atom is -0.453 e. The van der Waals surface area contributed by atoms with Crippen LogP contribution in [0.1, 0.15) is 29.4 Å². The fourth-order valence-corrected chi connectivity index (χ4v) is 2.40. The van der Waals surface area contributed by atoms with Gasteiger partial charge in [0.15, 0.2) is 11.9 Å². The Morgan fingerprint density at radius 1 is 1.27 bits per heavy atom. The molecule has 0 aliphatic rings. The van der Waals surface area contributed by atoms with Gasteiger partial charge in [-0.3, -0.25) is 19.7 Å². The van der Waals surface area contributed by atoms with Crippen molar-refractivity contribution in [2.75, 3.05) is 7.05 Å². The number of carbonyl (C=O) groups excluding carboxylic acids is 4. The van der Waals surface area contributed by atoms with Crippen molar-refractivity contribution in [2.24, 2.45) is 0 Å². The Bertz CT molecular complexity index is 587. The molecule has 7 nitrogen and oxygen atoms in total. The van der Waals surface area contributed by atoms with Gasteiger partial charge in [-0.25, -0.2) is 4.79 Å². The molecule has 120 valence electrons. The number of thiophene rings is 1. The van der Waals surface area contributed by atoms with Crippen LogP contribution < -0.4 is 10.6 Å². The second-order valence-electron chi connectivity index (χ2n) is 4.23. The average Bonchev–Trinajstić information content (AvgIpc) is 2.91. The molecule has 0 unspecified atom stereocenters. The van der Waals surface area contributed by atoms with Crippen molar-refractivity contribution in [3.05, 3.63) is 21.3 Å². The van der Waals surface area contributed by atoms with Crippen LogP contribution in [-0.2, 0) is 14.3 Å². The molecule has 2 N–H and O–H groups in total. The number of amides is 3. The molecule has 0 radical (unpaired) electrons. The maximum absolute atomic E-state index is 11.8. The first-order valence-corrected chi connectivity index (χ1v) is 7.53. The summed E-state index contributed by atoms with van der Waals surface area (Å²) in [4.78, 5) is 46.2. The highest BCUT2D eigenvalue weighted by atomic mass is 35.5. The number of hydrogen-bond acceptors (Lipinski definition) is 6. The van der Waals surface area contributed by atoms with Crippen LogP contribution in [-0.4, -0.2) is 36.8 Å². The topological polar surface area (TPSA) is 102 Å². The first kappa shape index (κ1) is 18.1. The number of urea groups is 1. The third kappa shape index (κ3) is 5.82. The minimum atomic E-state index is -1.13. The molecule has 1 aromatic heterocycles. The molecule has 1 atom stereocenters. The molecule has 0 fully saturated rings. The Hall–Kier alpha value is -1.93. The molecule has 0 spiro atoms. The molecule has 1 heterocycles. The zero-order valence-corrected chi connectivity index (χ0v) is 13.5. The summed E-state index contributed by atoms with van der Waals surface area (Å²) in [5, 5.41) is 4.18. The number of Topliss-reactive ketones (excluding diaryl/α,β-unsaturated/α-hetero) is 1. The van der Waals surface area contributed by atoms with Crippen LogP contribution in [0, 0.1) is 0 Å². The molecule has 1 aromatic rings. The van der Waals surface area contributed by atoms with E-state index < -0.39 is 24.0 Å². The summed E-state index contributed by atoms with van der Waals surface area (Å²) in [7, 11) is 1.35. The summed E-state index contributed by atoms with van der Waals surface area (Å²) in [6.45, 7) is 1.33. The highest BCUT2D eigenvalue weighted by Gasteiger charge is 2.20. The molecular weight excluding hydrogens is 332 g/mol. The fourth-order valence-electron chi connectivity index (χ4n) is 1.39. The third-order valence-electron chi connectivity index (χ3n) is 2.55. The van der Waals surface area contributed by atoms with Gasteiger partial charge in [0, 0.05) is 13.5 Å². The van der Waals surface area contributed by atoms with Gasteiger partial charge in [-0.15, -0.1) is 11.3 Å². The summed E-state index contributed by atoms with van der Waals surface area (Å²) < 4.78 is 5.33. The summed E-state index contributed by atoms with van der Waals surface area (Å²) >= 11 is 6.85. The predicted octanol–water partition coefficient (Wildman–Crippen LogP) is 1.75. The highest BCUT2D eigenvalue weighted by Crippen LogP contribution is 2.22. The van der Waals surface area contributed by atoms with Gasteiger partial charge in [0.25, 0.3) is 5.91 Å². The van der Waals surface area contributed by atoms with Crippen LogP contribution in [0.3, 0.4) is 0 Å². The molecule has 0 saturated carbocycles. The first-order chi connectivity index (χ1) is 10.3. The van der Waals surface area contributed by atoms with E-state index in [9.17, 15) is 19.2 Å². The van der Waals surface area contributed by atoms with Crippen molar-refractivity contribution in [3.63, 3.8) is 0 Å². The van der Waals surface area contributed by atoms with Crippen molar-refractivity contribution in [1.82, 2.24) is 10.6 Å². The molecule has 1 rings (SSSR count). The number of carbonyl (C=O) groups is 4. The van der Waals surface area contributed by atoms with Crippen LogP contribution in [0.2, 0.25) is 4.34 Å². The number of ether oxygens (including phenoxy) is 1. The molecule has 9 heteroatoms. The van der Waals surface area contributed by atoms with E-state index in [0.29, 0.717) is 9.21 Å². The van der Waals surface area contributed by atoms with Gasteiger partial charge in [-0.05, 0) is 19.1 Å². The van der Waals surface area contributed by atoms with E-state index in [1.54, 1.807) is 12.1 Å². The van der Waals surface area contributed by atoms with Crippen LogP contribution in [0.4, 0.5) is 4.79 Å². The lowest BCUT2D eigenvalue weighted by Crippen LogP contribution is -2.43. The average molecular weight is 347 g/mol. The normalized spacial score (nSPS) is 11.4. The lowest BCUT2D eigenvalue weighted by Gasteiger charge is -2.12. The largest absolute Gasteiger partial charge is 0.453 e. The number of imide groups is 1. The monoisotopic (exact) mass is 346 g/mol. The quantitative estimate of drug-likeness (QED) is 0.603. The van der Waals surface area contributed by atoms with E-state index in [-0.39, 0.29) is 18.6 Å². The SMILES string of the molecule is CNC(=O)NC(=O)[C@H](C)OC(=O)CCC(=O)c1ccc(Cl)s1. The summed E-state index contributed by atoms with van der Waals surface area (Å²) in [5.41, 5.74) is 0. The van der Waals surface area contributed by atoms with E-state index >= 15 is 0 Å². The molecule has 0 aliphatic carbocycles. The van der Waals surface area contributed by atoms with Gasteiger partial charge >= 0.3 is 12.0 Å². The summed E-state index contributed by atoms with van der Waals surface area (Å²) in [5.74, 6) is -1.67. The zero-order valence-electron chi connectivity index (χ0n) is 12.0. The Morgan fingerprint density at radius 3 is 2.50 bits per heavy atom. The Kier molecular flexibility index (Phi) is 7.00. The van der Waals surface area contributed by atoms with Gasteiger partial charge < -0.3 is 10.1 Å². The Balaban J connectivity index is 2.38. The standard InChI is InChI=1S/C13H15ClN2O5S/c1-7(12(19)16-13(20)15-2)21-11(18)6-3-8(17)9-4-5-10(14)22-9/h4-5,7H,3,6H2,1-2H3,(H2,15,16,19,20)/t7-/m0/s1. The number of halogens is 1. The number of esters is 1. The van der Waals surface area contributed by atoms with Crippen molar-refractivity contribution < 1.29 is 23.9 Å². The van der Waals surface area contributed by atoms with Crippen LogP contribution >= 0.6 is 22.9 Å². The van der Waals surface area contributed by atoms with Crippen molar-refractivity contribution in [1.29, 1.82) is 0 Å². The highest BCUT2D eigenvalue weighted by molar-refractivity contribution is 7.18. The Morgan fingerprint density at radius 2 is 1.95 bits per heavy atom. The number of ketones is 1. The van der Waals surface area contributed by atoms with Gasteiger partial charge in [0.1, 0.15) is 0 Å². The molecule has 22 heavy (non-hydrogen) atoms. The molecule has 0 aromatic carbocycles. The maximum atomic E-state index is 11.8. The summed E-state index contributed by atoms with van der Waals surface area (Å²) in [6.07, 6.45) is -1.33. The lowest BCUT2D eigenvalue weighted by molar-refractivity contribution is -0.154. The van der Waals surface area contributed by atoms with E-state index in [0.717, 1.165) is 11.3 Å². The predicted molar refractivity (Wildman–Crippen MR) is 81.0 cm³/mol. The summed E-state index contributed by atoms with van der Waals surface area (Å²) in [6, 6.07) is 2.49. The molecular formula is C13H15ClN2O5S. The minimum absolute atomic E-state index is 0.0422. The fraction of sp³-hybridized carbons (Fsp3) is 0.385. The van der Waals surface area contributed by atoms with E-state index in [4.69, 9.17) is 16.3 Å². The second kappa shape index (κ2) is 8.50. The Labute approximate surface area is 136 Å². The second-order valence-corrected chi connectivity index (χ2v) is 5.94. The molecule has 0 saturated heterocycles. The lowest BCUT2D eigenvalue weighted by atomic mass is 10.2. The van der Waals surface area contributed by atoms with Gasteiger partial charge in [-0.2, -0.15) is 0 Å². The van der Waals surface area contributed by atoms with Crippen LogP contribution in [0.15, 0.2) is 12.1 Å². The van der Waals surface area contributed by atoms with Crippen LogP contribution in [0.5, 0.6) is 0 Å². The molecule has 0 aliphatic heterocycles.